The van der Waals surface area contributed by atoms with Crippen LogP contribution in [0.3, 0.4) is 0 Å². The van der Waals surface area contributed by atoms with E-state index in [0.29, 0.717) is 37.5 Å². The smallest absolute Gasteiger partial charge is 0.257 e. The van der Waals surface area contributed by atoms with Crippen LogP contribution in [-0.4, -0.2) is 76.7 Å². The van der Waals surface area contributed by atoms with E-state index in [1.165, 1.54) is 0 Å². The van der Waals surface area contributed by atoms with Crippen molar-refractivity contribution in [3.8, 4) is 0 Å². The minimum absolute atomic E-state index is 0.00160. The monoisotopic (exact) mass is 427 g/mol. The van der Waals surface area contributed by atoms with Crippen molar-refractivity contribution in [2.24, 2.45) is 5.92 Å². The maximum Gasteiger partial charge on any atom is 0.257 e. The highest BCUT2D eigenvalue weighted by Gasteiger charge is 2.29. The van der Waals surface area contributed by atoms with Crippen molar-refractivity contribution in [3.63, 3.8) is 0 Å². The number of aliphatic hydroxyl groups excluding tert-OH is 1. The van der Waals surface area contributed by atoms with Crippen LogP contribution in [0.1, 0.15) is 48.0 Å². The molecule has 1 saturated heterocycles. The molecular weight excluding hydrogens is 394 g/mol. The van der Waals surface area contributed by atoms with E-state index in [2.05, 4.69) is 33.6 Å². The molecule has 31 heavy (non-hydrogen) atoms. The van der Waals surface area contributed by atoms with Gasteiger partial charge in [-0.15, -0.1) is 0 Å². The molecule has 2 aromatic heterocycles. The fourth-order valence-corrected chi connectivity index (χ4v) is 4.26. The highest BCUT2D eigenvalue weighted by Crippen LogP contribution is 2.26. The first kappa shape index (κ1) is 21.8. The van der Waals surface area contributed by atoms with E-state index in [0.717, 1.165) is 62.2 Å². The second kappa shape index (κ2) is 9.78. The Balaban J connectivity index is 1.45. The molecule has 0 unspecified atom stereocenters. The van der Waals surface area contributed by atoms with E-state index in [4.69, 9.17) is 9.52 Å². The summed E-state index contributed by atoms with van der Waals surface area (Å²) in [5.41, 5.74) is 1.53. The van der Waals surface area contributed by atoms with Crippen LogP contribution in [0.25, 0.3) is 0 Å². The molecule has 2 aromatic rings. The fraction of sp³-hybridized carbons (Fsp3) is 0.609. The molecule has 0 saturated carbocycles. The van der Waals surface area contributed by atoms with Gasteiger partial charge in [-0.2, -0.15) is 0 Å². The van der Waals surface area contributed by atoms with Crippen molar-refractivity contribution in [2.45, 2.75) is 39.7 Å². The van der Waals surface area contributed by atoms with Crippen molar-refractivity contribution in [3.05, 3.63) is 41.2 Å². The number of anilines is 1. The van der Waals surface area contributed by atoms with E-state index in [1.54, 1.807) is 6.20 Å². The van der Waals surface area contributed by atoms with E-state index >= 15 is 0 Å². The summed E-state index contributed by atoms with van der Waals surface area (Å²) in [6, 6.07) is 3.70. The number of fused-ring (bicyclic) bond motifs is 1. The number of rotatable bonds is 7. The van der Waals surface area contributed by atoms with Gasteiger partial charge in [-0.25, -0.2) is 9.97 Å². The summed E-state index contributed by atoms with van der Waals surface area (Å²) in [7, 11) is 0. The molecule has 0 aromatic carbocycles. The Morgan fingerprint density at radius 2 is 2.03 bits per heavy atom. The van der Waals surface area contributed by atoms with Crippen LogP contribution in [0.4, 0.5) is 5.82 Å². The van der Waals surface area contributed by atoms with Crippen LogP contribution in [0.5, 0.6) is 0 Å². The van der Waals surface area contributed by atoms with Crippen LogP contribution >= 0.6 is 0 Å². The van der Waals surface area contributed by atoms with Gasteiger partial charge in [0.15, 0.2) is 5.89 Å². The summed E-state index contributed by atoms with van der Waals surface area (Å²) in [5, 5.41) is 9.16. The average Bonchev–Trinajstić information content (AvgIpc) is 3.20. The summed E-state index contributed by atoms with van der Waals surface area (Å²) in [6.07, 6.45) is 4.34. The van der Waals surface area contributed by atoms with E-state index in [-0.39, 0.29) is 12.5 Å². The third-order valence-corrected chi connectivity index (χ3v) is 6.10. The van der Waals surface area contributed by atoms with Crippen LogP contribution in [0.15, 0.2) is 22.7 Å². The lowest BCUT2D eigenvalue weighted by molar-refractivity contribution is 0.0728. The number of aromatic nitrogens is 2. The molecule has 2 aliphatic rings. The SMILES string of the molecule is CC(C)CCc1nc2c(o1)CCN(C(=O)c1cccnc1N1CCN(CCO)CC1)C2. The second-order valence-electron chi connectivity index (χ2n) is 8.81. The van der Waals surface area contributed by atoms with Gasteiger partial charge in [-0.1, -0.05) is 13.8 Å². The Hall–Kier alpha value is -2.45. The predicted octanol–water partition coefficient (Wildman–Crippen LogP) is 1.97. The van der Waals surface area contributed by atoms with Crippen LogP contribution in [-0.2, 0) is 19.4 Å². The van der Waals surface area contributed by atoms with Crippen LogP contribution < -0.4 is 4.90 Å². The van der Waals surface area contributed by atoms with Gasteiger partial charge >= 0.3 is 0 Å². The zero-order valence-corrected chi connectivity index (χ0v) is 18.6. The number of nitrogens with zero attached hydrogens (tertiary/aromatic N) is 5. The average molecular weight is 428 g/mol. The first-order chi connectivity index (χ1) is 15.0. The summed E-state index contributed by atoms with van der Waals surface area (Å²) in [5.74, 6) is 3.07. The Labute approximate surface area is 183 Å². The number of carbonyl (C=O) groups is 1. The minimum atomic E-state index is -0.00160. The highest BCUT2D eigenvalue weighted by atomic mass is 16.4. The number of aliphatic hydroxyl groups is 1. The second-order valence-corrected chi connectivity index (χ2v) is 8.81. The van der Waals surface area contributed by atoms with Crippen LogP contribution in [0.2, 0.25) is 0 Å². The molecule has 168 valence electrons. The topological polar surface area (TPSA) is 85.9 Å². The number of β-amino-alcohol motifs (C(OH)–C–C–N with tert-alkyl or cyclic N) is 1. The molecule has 4 heterocycles. The standard InChI is InChI=1S/C23H33N5O3/c1-17(2)5-6-21-25-19-16-28(9-7-20(19)31-21)23(30)18-4-3-8-24-22(18)27-12-10-26(11-13-27)14-15-29/h3-4,8,17,29H,5-7,9-16H2,1-2H3. The lowest BCUT2D eigenvalue weighted by Crippen LogP contribution is -2.48. The van der Waals surface area contributed by atoms with E-state index in [1.807, 2.05) is 17.0 Å². The maximum atomic E-state index is 13.4. The summed E-state index contributed by atoms with van der Waals surface area (Å²) >= 11 is 0. The van der Waals surface area contributed by atoms with Crippen molar-refractivity contribution in [2.75, 3.05) is 50.8 Å². The largest absolute Gasteiger partial charge is 0.445 e. The van der Waals surface area contributed by atoms with Gasteiger partial charge in [-0.05, 0) is 24.5 Å². The highest BCUT2D eigenvalue weighted by molar-refractivity contribution is 5.99. The number of oxazole rings is 1. The molecule has 2 aliphatic heterocycles. The van der Waals surface area contributed by atoms with Crippen LogP contribution in [0, 0.1) is 5.92 Å². The molecule has 1 amide bonds. The zero-order valence-electron chi connectivity index (χ0n) is 18.6. The number of amides is 1. The Bertz CT molecular complexity index is 889. The third-order valence-electron chi connectivity index (χ3n) is 6.10. The number of hydrogen-bond donors (Lipinski definition) is 1. The maximum absolute atomic E-state index is 13.4. The summed E-state index contributed by atoms with van der Waals surface area (Å²) in [4.78, 5) is 28.9. The van der Waals surface area contributed by atoms with Crippen molar-refractivity contribution in [1.82, 2.24) is 19.8 Å². The molecular formula is C23H33N5O3. The van der Waals surface area contributed by atoms with Gasteiger partial charge in [0.1, 0.15) is 17.3 Å². The molecule has 0 bridgehead atoms. The number of hydrogen-bond acceptors (Lipinski definition) is 7. The Morgan fingerprint density at radius 3 is 2.77 bits per heavy atom. The molecule has 0 atom stereocenters. The molecule has 8 heteroatoms. The lowest BCUT2D eigenvalue weighted by atomic mass is 10.1. The predicted molar refractivity (Wildman–Crippen MR) is 118 cm³/mol. The van der Waals surface area contributed by atoms with Crippen molar-refractivity contribution in [1.29, 1.82) is 0 Å². The molecule has 0 aliphatic carbocycles. The van der Waals surface area contributed by atoms with E-state index in [9.17, 15) is 4.79 Å². The fourth-order valence-electron chi connectivity index (χ4n) is 4.26. The first-order valence-corrected chi connectivity index (χ1v) is 11.3. The lowest BCUT2D eigenvalue weighted by Gasteiger charge is -2.36. The van der Waals surface area contributed by atoms with Crippen molar-refractivity contribution >= 4 is 11.7 Å². The molecule has 0 spiro atoms. The number of piperazine rings is 1. The van der Waals surface area contributed by atoms with Gasteiger partial charge in [0.05, 0.1) is 18.7 Å². The normalized spacial score (nSPS) is 17.3. The van der Waals surface area contributed by atoms with Gasteiger partial charge in [0, 0.05) is 58.3 Å². The number of carbonyl (C=O) groups excluding carboxylic acids is 1. The number of aryl methyl sites for hydroxylation is 1. The Morgan fingerprint density at radius 1 is 1.23 bits per heavy atom. The first-order valence-electron chi connectivity index (χ1n) is 11.3. The Kier molecular flexibility index (Phi) is 6.87. The molecule has 1 fully saturated rings. The zero-order chi connectivity index (χ0) is 21.8. The molecule has 8 nitrogen and oxygen atoms in total. The summed E-state index contributed by atoms with van der Waals surface area (Å²) < 4.78 is 5.95. The third kappa shape index (κ3) is 5.07. The van der Waals surface area contributed by atoms with E-state index < -0.39 is 0 Å². The minimum Gasteiger partial charge on any atom is -0.445 e. The van der Waals surface area contributed by atoms with Crippen molar-refractivity contribution < 1.29 is 14.3 Å². The molecule has 4 rings (SSSR count). The number of pyridine rings is 1. The molecule has 1 N–H and O–H groups in total. The van der Waals surface area contributed by atoms with Gasteiger partial charge in [0.25, 0.3) is 5.91 Å². The van der Waals surface area contributed by atoms with Gasteiger partial charge < -0.3 is 19.3 Å². The summed E-state index contributed by atoms with van der Waals surface area (Å²) in [6.45, 7) is 9.67. The van der Waals surface area contributed by atoms with Gasteiger partial charge in [-0.3, -0.25) is 9.69 Å². The van der Waals surface area contributed by atoms with Gasteiger partial charge in [0.2, 0.25) is 0 Å². The quantitative estimate of drug-likeness (QED) is 0.723. The molecule has 0 radical (unpaired) electrons.